The summed E-state index contributed by atoms with van der Waals surface area (Å²) in [5.41, 5.74) is -1.43. The van der Waals surface area contributed by atoms with Gasteiger partial charge in [-0.3, -0.25) is 29.8 Å². The average Bonchev–Trinajstić information content (AvgIpc) is 3.27. The van der Waals surface area contributed by atoms with Crippen LogP contribution in [0.15, 0.2) is 48.5 Å². The molecule has 0 N–H and O–H groups in total. The molecule has 8 heteroatoms. The molecule has 2 aliphatic carbocycles. The van der Waals surface area contributed by atoms with Crippen molar-refractivity contribution in [1.82, 2.24) is 0 Å². The molecule has 0 heterocycles. The molecule has 1 spiro atoms. The maximum absolute atomic E-state index is 12.8. The van der Waals surface area contributed by atoms with Crippen LogP contribution in [-0.2, 0) is 0 Å². The topological polar surface area (TPSA) is 120 Å². The maximum Gasteiger partial charge on any atom is 0.269 e. The molecule has 8 nitrogen and oxygen atoms in total. The molecule has 1 saturated carbocycles. The maximum atomic E-state index is 12.8. The van der Waals surface area contributed by atoms with Gasteiger partial charge in [0.25, 0.3) is 5.69 Å². The first-order valence-electron chi connectivity index (χ1n) is 7.47. The van der Waals surface area contributed by atoms with E-state index in [0.29, 0.717) is 0 Å². The minimum atomic E-state index is -1.79. The number of carbonyl (C=O) groups excluding carboxylic acids is 2. The van der Waals surface area contributed by atoms with E-state index in [-0.39, 0.29) is 22.4 Å². The lowest BCUT2D eigenvalue weighted by Gasteiger charge is -2.03. The van der Waals surface area contributed by atoms with Gasteiger partial charge in [0.05, 0.1) is 10.8 Å². The first-order valence-corrected chi connectivity index (χ1v) is 7.47. The standard InChI is InChI=1S/C17H10N2O6/c20-15-11-6-1-2-7-12(11)16(21)17(15)13(14(17)19(24)25)9-4-3-5-10(8-9)18(22)23/h1-8,13-14H/t13-,14-/m0/s1. The zero-order valence-electron chi connectivity index (χ0n) is 12.6. The highest BCUT2D eigenvalue weighted by Gasteiger charge is 2.84. The third kappa shape index (κ3) is 1.76. The fourth-order valence-corrected chi connectivity index (χ4v) is 3.91. The summed E-state index contributed by atoms with van der Waals surface area (Å²) in [6.07, 6.45) is 0. The first-order chi connectivity index (χ1) is 11.9. The van der Waals surface area contributed by atoms with Crippen LogP contribution in [-0.4, -0.2) is 27.5 Å². The molecule has 1 fully saturated rings. The summed E-state index contributed by atoms with van der Waals surface area (Å²) in [5, 5.41) is 22.5. The van der Waals surface area contributed by atoms with Crippen molar-refractivity contribution in [3.05, 3.63) is 85.4 Å². The largest absolute Gasteiger partial charge is 0.293 e. The number of ketones is 2. The van der Waals surface area contributed by atoms with Crippen LogP contribution in [0.4, 0.5) is 5.69 Å². The summed E-state index contributed by atoms with van der Waals surface area (Å²) in [4.78, 5) is 47.0. The number of nitro groups is 2. The quantitative estimate of drug-likeness (QED) is 0.481. The molecule has 0 unspecified atom stereocenters. The molecule has 25 heavy (non-hydrogen) atoms. The summed E-state index contributed by atoms with van der Waals surface area (Å²) in [7, 11) is 0. The fourth-order valence-electron chi connectivity index (χ4n) is 3.91. The Balaban J connectivity index is 1.87. The van der Waals surface area contributed by atoms with Crippen LogP contribution in [0.3, 0.4) is 0 Å². The Labute approximate surface area is 140 Å². The highest BCUT2D eigenvalue weighted by molar-refractivity contribution is 6.33. The molecule has 0 aliphatic heterocycles. The van der Waals surface area contributed by atoms with Crippen LogP contribution in [0.25, 0.3) is 0 Å². The predicted octanol–water partition coefficient (Wildman–Crippen LogP) is 2.40. The van der Waals surface area contributed by atoms with Gasteiger partial charge < -0.3 is 0 Å². The molecular formula is C17H10N2O6. The van der Waals surface area contributed by atoms with Crippen molar-refractivity contribution < 1.29 is 19.4 Å². The molecule has 0 aromatic heterocycles. The van der Waals surface area contributed by atoms with E-state index in [0.717, 1.165) is 0 Å². The van der Waals surface area contributed by atoms with E-state index in [1.807, 2.05) is 0 Å². The zero-order chi connectivity index (χ0) is 17.9. The third-order valence-electron chi connectivity index (χ3n) is 5.00. The lowest BCUT2D eigenvalue weighted by molar-refractivity contribution is -0.500. The van der Waals surface area contributed by atoms with Gasteiger partial charge in [-0.2, -0.15) is 0 Å². The van der Waals surface area contributed by atoms with E-state index in [2.05, 4.69) is 0 Å². The second-order valence-corrected chi connectivity index (χ2v) is 6.13. The summed E-state index contributed by atoms with van der Waals surface area (Å²) >= 11 is 0. The van der Waals surface area contributed by atoms with Crippen molar-refractivity contribution in [1.29, 1.82) is 0 Å². The van der Waals surface area contributed by atoms with Crippen LogP contribution in [0.1, 0.15) is 32.2 Å². The van der Waals surface area contributed by atoms with E-state index in [9.17, 15) is 29.8 Å². The molecule has 0 saturated heterocycles. The number of fused-ring (bicyclic) bond motifs is 1. The number of non-ortho nitro benzene ring substituents is 1. The summed E-state index contributed by atoms with van der Waals surface area (Å²) < 4.78 is 0. The van der Waals surface area contributed by atoms with Gasteiger partial charge in [-0.1, -0.05) is 36.4 Å². The highest BCUT2D eigenvalue weighted by atomic mass is 16.6. The Morgan fingerprint density at radius 3 is 2.00 bits per heavy atom. The molecule has 2 aromatic rings. The van der Waals surface area contributed by atoms with Crippen molar-refractivity contribution in [2.75, 3.05) is 0 Å². The summed E-state index contributed by atoms with van der Waals surface area (Å²) in [6.45, 7) is 0. The van der Waals surface area contributed by atoms with E-state index in [4.69, 9.17) is 0 Å². The minimum absolute atomic E-state index is 0.173. The number of carbonyl (C=O) groups is 2. The molecule has 0 radical (unpaired) electrons. The van der Waals surface area contributed by atoms with Crippen molar-refractivity contribution in [2.24, 2.45) is 5.41 Å². The van der Waals surface area contributed by atoms with Gasteiger partial charge in [-0.05, 0) is 5.56 Å². The number of nitrogens with zero attached hydrogens (tertiary/aromatic N) is 2. The smallest absolute Gasteiger partial charge is 0.269 e. The van der Waals surface area contributed by atoms with Crippen molar-refractivity contribution in [3.8, 4) is 0 Å². The number of Topliss-reactive ketones (excluding diaryl/α,β-unsaturated/α-hetero) is 2. The monoisotopic (exact) mass is 338 g/mol. The van der Waals surface area contributed by atoms with E-state index in [1.54, 1.807) is 12.1 Å². The van der Waals surface area contributed by atoms with E-state index >= 15 is 0 Å². The third-order valence-corrected chi connectivity index (χ3v) is 5.00. The van der Waals surface area contributed by atoms with Crippen LogP contribution in [0.2, 0.25) is 0 Å². The van der Waals surface area contributed by atoms with Gasteiger partial charge >= 0.3 is 0 Å². The number of hydrogen-bond acceptors (Lipinski definition) is 6. The summed E-state index contributed by atoms with van der Waals surface area (Å²) in [6, 6.07) is 10.0. The SMILES string of the molecule is O=C1c2ccccc2C(=O)C12[C@@H]([N+](=O)[O-])[C@@H]2c1cccc([N+](=O)[O-])c1. The zero-order valence-corrected chi connectivity index (χ0v) is 12.6. The van der Waals surface area contributed by atoms with Crippen LogP contribution < -0.4 is 0 Å². The highest BCUT2D eigenvalue weighted by Crippen LogP contribution is 2.66. The molecular weight excluding hydrogens is 328 g/mol. The molecule has 2 atom stereocenters. The Morgan fingerprint density at radius 1 is 0.880 bits per heavy atom. The summed E-state index contributed by atoms with van der Waals surface area (Å²) in [5.74, 6) is -2.16. The van der Waals surface area contributed by atoms with Crippen LogP contribution in [0, 0.1) is 25.6 Å². The van der Waals surface area contributed by atoms with Crippen molar-refractivity contribution in [2.45, 2.75) is 12.0 Å². The van der Waals surface area contributed by atoms with Gasteiger partial charge in [-0.25, -0.2) is 0 Å². The molecule has 0 bridgehead atoms. The number of benzene rings is 2. The Kier molecular flexibility index (Phi) is 2.90. The van der Waals surface area contributed by atoms with E-state index in [1.165, 1.54) is 36.4 Å². The lowest BCUT2D eigenvalue weighted by Crippen LogP contribution is -2.25. The first kappa shape index (κ1) is 15.1. The lowest BCUT2D eigenvalue weighted by atomic mass is 9.93. The number of rotatable bonds is 3. The Hall–Kier alpha value is -3.42. The molecule has 2 aliphatic rings. The second-order valence-electron chi connectivity index (χ2n) is 6.13. The predicted molar refractivity (Wildman–Crippen MR) is 84.2 cm³/mol. The molecule has 0 amide bonds. The van der Waals surface area contributed by atoms with Crippen molar-refractivity contribution >= 4 is 17.3 Å². The van der Waals surface area contributed by atoms with E-state index < -0.39 is 38.8 Å². The van der Waals surface area contributed by atoms with Crippen LogP contribution in [0.5, 0.6) is 0 Å². The van der Waals surface area contributed by atoms with Gasteiger partial charge in [0, 0.05) is 28.2 Å². The van der Waals surface area contributed by atoms with Gasteiger partial charge in [0.2, 0.25) is 6.04 Å². The fraction of sp³-hybridized carbons (Fsp3) is 0.176. The average molecular weight is 338 g/mol. The number of nitro benzene ring substituents is 1. The Morgan fingerprint density at radius 2 is 1.48 bits per heavy atom. The number of hydrogen-bond donors (Lipinski definition) is 0. The molecule has 4 rings (SSSR count). The second kappa shape index (κ2) is 4.79. The van der Waals surface area contributed by atoms with Crippen LogP contribution >= 0.6 is 0 Å². The van der Waals surface area contributed by atoms with Gasteiger partial charge in [0.15, 0.2) is 17.0 Å². The normalized spacial score (nSPS) is 22.7. The van der Waals surface area contributed by atoms with Crippen molar-refractivity contribution in [3.63, 3.8) is 0 Å². The Bertz CT molecular complexity index is 948. The molecule has 124 valence electrons. The van der Waals surface area contributed by atoms with Gasteiger partial charge in [-0.15, -0.1) is 0 Å². The van der Waals surface area contributed by atoms with Gasteiger partial charge in [0.1, 0.15) is 0 Å². The minimum Gasteiger partial charge on any atom is -0.293 e. The molecule has 2 aromatic carbocycles.